The molecule has 3 amide bonds. The second kappa shape index (κ2) is 13.0. The number of benzene rings is 2. The van der Waals surface area contributed by atoms with Gasteiger partial charge in [0.05, 0.1) is 24.2 Å². The summed E-state index contributed by atoms with van der Waals surface area (Å²) >= 11 is 2.89. The van der Waals surface area contributed by atoms with Gasteiger partial charge in [-0.1, -0.05) is 30.0 Å². The average Bonchev–Trinajstić information content (AvgIpc) is 3.49. The fourth-order valence-electron chi connectivity index (χ4n) is 3.03. The van der Waals surface area contributed by atoms with E-state index >= 15 is 0 Å². The molecule has 0 aliphatic heterocycles. The Kier molecular flexibility index (Phi) is 9.26. The van der Waals surface area contributed by atoms with Crippen LogP contribution in [-0.2, 0) is 14.3 Å². The van der Waals surface area contributed by atoms with Crippen LogP contribution in [-0.4, -0.2) is 64.8 Å². The number of hydrogen-bond acceptors (Lipinski definition) is 10. The molecule has 0 bridgehead atoms. The number of anilines is 3. The molecule has 0 atom stereocenters. The number of nitrogens with zero attached hydrogens (tertiary/aromatic N) is 3. The SMILES string of the molecule is CCSc1nnc(NC(=O)Nc2ccc(Oc3ccc4nc(NC(=O)COCCOC)[nH]c4c3)cc2)s1. The molecular formula is C23H25N7O5S2. The zero-order valence-corrected chi connectivity index (χ0v) is 21.7. The van der Waals surface area contributed by atoms with Gasteiger partial charge in [0.1, 0.15) is 18.1 Å². The molecule has 0 aliphatic rings. The third-order valence-corrected chi connectivity index (χ3v) is 6.47. The minimum absolute atomic E-state index is 0.0948. The molecule has 14 heteroatoms. The topological polar surface area (TPSA) is 152 Å². The first-order chi connectivity index (χ1) is 18.0. The van der Waals surface area contributed by atoms with Gasteiger partial charge in [0, 0.05) is 18.9 Å². The van der Waals surface area contributed by atoms with Gasteiger partial charge < -0.3 is 24.5 Å². The van der Waals surface area contributed by atoms with Crippen molar-refractivity contribution < 1.29 is 23.8 Å². The molecule has 2 aromatic carbocycles. The Balaban J connectivity index is 1.29. The molecular weight excluding hydrogens is 518 g/mol. The maximum Gasteiger partial charge on any atom is 0.325 e. The molecule has 4 aromatic rings. The number of carbonyl (C=O) groups excluding carboxylic acids is 2. The lowest BCUT2D eigenvalue weighted by Gasteiger charge is -2.08. The summed E-state index contributed by atoms with van der Waals surface area (Å²) in [6.07, 6.45) is 0. The number of imidazole rings is 1. The van der Waals surface area contributed by atoms with Gasteiger partial charge in [-0.25, -0.2) is 9.78 Å². The number of methoxy groups -OCH3 is 1. The number of rotatable bonds is 12. The van der Waals surface area contributed by atoms with Crippen molar-refractivity contribution in [2.45, 2.75) is 11.3 Å². The summed E-state index contributed by atoms with van der Waals surface area (Å²) in [7, 11) is 1.56. The first-order valence-electron chi connectivity index (χ1n) is 11.2. The third-order valence-electron chi connectivity index (χ3n) is 4.62. The van der Waals surface area contributed by atoms with E-state index in [1.807, 2.05) is 6.92 Å². The van der Waals surface area contributed by atoms with Crippen LogP contribution in [0.5, 0.6) is 11.5 Å². The summed E-state index contributed by atoms with van der Waals surface area (Å²) in [5, 5.41) is 16.5. The average molecular weight is 544 g/mol. The molecule has 2 heterocycles. The first-order valence-corrected chi connectivity index (χ1v) is 13.0. The number of hydrogen-bond donors (Lipinski definition) is 4. The zero-order chi connectivity index (χ0) is 26.0. The number of aromatic amines is 1. The number of H-pyrrole nitrogens is 1. The number of fused-ring (bicyclic) bond motifs is 1. The highest BCUT2D eigenvalue weighted by Crippen LogP contribution is 2.27. The second-order valence-electron chi connectivity index (χ2n) is 7.37. The Morgan fingerprint density at radius 3 is 2.62 bits per heavy atom. The van der Waals surface area contributed by atoms with Crippen molar-refractivity contribution in [3.63, 3.8) is 0 Å². The minimum atomic E-state index is -0.410. The lowest BCUT2D eigenvalue weighted by Crippen LogP contribution is -2.20. The molecule has 0 fully saturated rings. The van der Waals surface area contributed by atoms with E-state index in [4.69, 9.17) is 14.2 Å². The molecule has 0 spiro atoms. The monoisotopic (exact) mass is 543 g/mol. The first kappa shape index (κ1) is 26.3. The van der Waals surface area contributed by atoms with E-state index < -0.39 is 6.03 Å². The Bertz CT molecular complexity index is 1340. The van der Waals surface area contributed by atoms with Gasteiger partial charge >= 0.3 is 6.03 Å². The maximum atomic E-state index is 12.2. The fraction of sp³-hybridized carbons (Fsp3) is 0.261. The number of thioether (sulfide) groups is 1. The summed E-state index contributed by atoms with van der Waals surface area (Å²) < 4.78 is 16.8. The van der Waals surface area contributed by atoms with Crippen molar-refractivity contribution >= 4 is 62.8 Å². The quantitative estimate of drug-likeness (QED) is 0.114. The van der Waals surface area contributed by atoms with Crippen molar-refractivity contribution in [2.75, 3.05) is 48.6 Å². The van der Waals surface area contributed by atoms with Crippen LogP contribution in [0.3, 0.4) is 0 Å². The summed E-state index contributed by atoms with van der Waals surface area (Å²) in [5.74, 6) is 2.03. The van der Waals surface area contributed by atoms with Crippen LogP contribution >= 0.6 is 23.1 Å². The van der Waals surface area contributed by atoms with Crippen molar-refractivity contribution in [1.29, 1.82) is 0 Å². The Morgan fingerprint density at radius 1 is 1.03 bits per heavy atom. The molecule has 0 aliphatic carbocycles. The molecule has 0 radical (unpaired) electrons. The molecule has 4 rings (SSSR count). The van der Waals surface area contributed by atoms with E-state index in [1.54, 1.807) is 61.3 Å². The van der Waals surface area contributed by atoms with Gasteiger partial charge in [0.15, 0.2) is 4.34 Å². The van der Waals surface area contributed by atoms with Crippen molar-refractivity contribution in [1.82, 2.24) is 20.2 Å². The van der Waals surface area contributed by atoms with Gasteiger partial charge in [-0.2, -0.15) is 0 Å². The zero-order valence-electron chi connectivity index (χ0n) is 20.1. The summed E-state index contributed by atoms with van der Waals surface area (Å²) in [6.45, 7) is 2.68. The van der Waals surface area contributed by atoms with E-state index in [1.165, 1.54) is 11.3 Å². The standard InChI is InChI=1S/C23H25N7O5S2/c1-3-36-23-30-29-22(37-23)28-21(32)24-14-4-6-15(7-5-14)35-16-8-9-17-18(12-16)26-20(25-17)27-19(31)13-34-11-10-33-2/h4-9,12H,3,10-11,13H2,1-2H3,(H2,24,28,29,32)(H2,25,26,27,31). The second-order valence-corrected chi connectivity index (χ2v) is 9.86. The van der Waals surface area contributed by atoms with E-state index in [0.29, 0.717) is 52.5 Å². The Labute approximate surface area is 220 Å². The van der Waals surface area contributed by atoms with Crippen molar-refractivity contribution in [3.8, 4) is 11.5 Å². The highest BCUT2D eigenvalue weighted by molar-refractivity contribution is 8.01. The highest BCUT2D eigenvalue weighted by Gasteiger charge is 2.10. The molecule has 0 saturated carbocycles. The lowest BCUT2D eigenvalue weighted by molar-refractivity contribution is -0.121. The van der Waals surface area contributed by atoms with Crippen LogP contribution in [0.1, 0.15) is 6.92 Å². The molecule has 4 N–H and O–H groups in total. The number of amides is 3. The maximum absolute atomic E-state index is 12.2. The smallest absolute Gasteiger partial charge is 0.325 e. The van der Waals surface area contributed by atoms with Crippen LogP contribution in [0.15, 0.2) is 46.8 Å². The fourth-order valence-corrected chi connectivity index (χ4v) is 4.67. The molecule has 37 heavy (non-hydrogen) atoms. The van der Waals surface area contributed by atoms with Crippen LogP contribution in [0.2, 0.25) is 0 Å². The molecule has 12 nitrogen and oxygen atoms in total. The van der Waals surface area contributed by atoms with Crippen LogP contribution in [0, 0.1) is 0 Å². The van der Waals surface area contributed by atoms with Crippen LogP contribution in [0.4, 0.5) is 21.6 Å². The summed E-state index contributed by atoms with van der Waals surface area (Å²) in [6, 6.07) is 11.9. The van der Waals surface area contributed by atoms with E-state index in [0.717, 1.165) is 10.1 Å². The van der Waals surface area contributed by atoms with Gasteiger partial charge in [-0.3, -0.25) is 15.4 Å². The van der Waals surface area contributed by atoms with Gasteiger partial charge in [-0.15, -0.1) is 10.2 Å². The highest BCUT2D eigenvalue weighted by atomic mass is 32.2. The third kappa shape index (κ3) is 7.88. The Morgan fingerprint density at radius 2 is 1.84 bits per heavy atom. The van der Waals surface area contributed by atoms with E-state index in [2.05, 4.69) is 36.1 Å². The predicted molar refractivity (Wildman–Crippen MR) is 143 cm³/mol. The van der Waals surface area contributed by atoms with E-state index in [9.17, 15) is 9.59 Å². The molecule has 2 aromatic heterocycles. The number of carbonyl (C=O) groups is 2. The van der Waals surface area contributed by atoms with Crippen LogP contribution in [0.25, 0.3) is 11.0 Å². The lowest BCUT2D eigenvalue weighted by atomic mass is 10.3. The molecule has 0 unspecified atom stereocenters. The van der Waals surface area contributed by atoms with Gasteiger partial charge in [-0.05, 0) is 42.2 Å². The van der Waals surface area contributed by atoms with Crippen molar-refractivity contribution in [3.05, 3.63) is 42.5 Å². The van der Waals surface area contributed by atoms with Gasteiger partial charge in [0.25, 0.3) is 5.91 Å². The van der Waals surface area contributed by atoms with Gasteiger partial charge in [0.2, 0.25) is 11.1 Å². The van der Waals surface area contributed by atoms with E-state index in [-0.39, 0.29) is 12.5 Å². The summed E-state index contributed by atoms with van der Waals surface area (Å²) in [4.78, 5) is 31.6. The Hall–Kier alpha value is -3.72. The largest absolute Gasteiger partial charge is 0.457 e. The van der Waals surface area contributed by atoms with Crippen molar-refractivity contribution in [2.24, 2.45) is 0 Å². The number of ether oxygens (including phenoxy) is 3. The molecule has 0 saturated heterocycles. The predicted octanol–water partition coefficient (Wildman–Crippen LogP) is 4.56. The minimum Gasteiger partial charge on any atom is -0.457 e. The summed E-state index contributed by atoms with van der Waals surface area (Å²) in [5.41, 5.74) is 1.96. The normalized spacial score (nSPS) is 10.9. The number of urea groups is 1. The number of nitrogens with one attached hydrogen (secondary N) is 4. The van der Waals surface area contributed by atoms with Crippen LogP contribution < -0.4 is 20.7 Å². The number of aromatic nitrogens is 4. The molecule has 194 valence electrons.